The van der Waals surface area contributed by atoms with Crippen LogP contribution >= 0.6 is 0 Å². The Morgan fingerprint density at radius 2 is 0.711 bits per heavy atom. The van der Waals surface area contributed by atoms with Gasteiger partial charge in [0, 0.05) is 97.7 Å². The van der Waals surface area contributed by atoms with Crippen LogP contribution in [0.25, 0.3) is 17.8 Å². The number of aliphatic hydroxyl groups excluding tert-OH is 3. The van der Waals surface area contributed by atoms with Crippen molar-refractivity contribution < 1.29 is 47.1 Å². The lowest BCUT2D eigenvalue weighted by atomic mass is 10.2. The maximum absolute atomic E-state index is 14.0. The third-order valence-corrected chi connectivity index (χ3v) is 14.8. The molecular weight excluding hydrogens is 1170 g/mol. The molecule has 3 aliphatic heterocycles. The van der Waals surface area contributed by atoms with Crippen LogP contribution in [0.15, 0.2) is 91.0 Å². The van der Waals surface area contributed by atoms with Gasteiger partial charge in [0.05, 0.1) is 75.0 Å². The molecule has 9 aromatic rings. The molecule has 24 nitrogen and oxygen atoms in total. The average Bonchev–Trinajstić information content (AvgIpc) is 1.51. The molecule has 0 bridgehead atoms. The smallest absolute Gasteiger partial charge is 0.254 e. The third-order valence-electron chi connectivity index (χ3n) is 14.8. The summed E-state index contributed by atoms with van der Waals surface area (Å²) in [7, 11) is 0. The van der Waals surface area contributed by atoms with Gasteiger partial charge in [-0.2, -0.15) is 45.2 Å². The molecule has 3 aliphatic rings. The van der Waals surface area contributed by atoms with Crippen molar-refractivity contribution in [3.05, 3.63) is 160 Å². The Hall–Kier alpha value is -9.19. The zero-order valence-corrected chi connectivity index (χ0v) is 51.2. The second kappa shape index (κ2) is 28.5. The van der Waals surface area contributed by atoms with Crippen LogP contribution in [-0.2, 0) is 14.2 Å². The highest BCUT2D eigenvalue weighted by atomic mass is 19.2. The van der Waals surface area contributed by atoms with Gasteiger partial charge in [-0.05, 0) is 121 Å². The van der Waals surface area contributed by atoms with E-state index in [9.17, 15) is 32.9 Å². The molecule has 12 rings (SSSR count). The van der Waals surface area contributed by atoms with E-state index in [1.807, 2.05) is 86.6 Å². The Bertz CT molecular complexity index is 3560. The molecule has 6 N–H and O–H groups in total. The number of aryl methyl sites for hydroxylation is 8. The lowest BCUT2D eigenvalue weighted by Crippen LogP contribution is -2.44. The molecule has 3 saturated heterocycles. The molecule has 0 spiro atoms. The molecule has 3 atom stereocenters. The molecule has 3 fully saturated rings. The van der Waals surface area contributed by atoms with Gasteiger partial charge in [0.25, 0.3) is 17.8 Å². The molecular formula is C62H72F4N18O6. The number of hydrogen-bond acceptors (Lipinski definition) is 21. The van der Waals surface area contributed by atoms with Crippen LogP contribution in [0.2, 0.25) is 0 Å². The first-order valence-corrected chi connectivity index (χ1v) is 29.3. The maximum atomic E-state index is 14.0. The van der Waals surface area contributed by atoms with Crippen LogP contribution in [0.3, 0.4) is 0 Å². The molecule has 28 heteroatoms. The van der Waals surface area contributed by atoms with Crippen molar-refractivity contribution in [3.8, 4) is 17.8 Å². The van der Waals surface area contributed by atoms with Crippen molar-refractivity contribution in [2.45, 2.75) is 73.7 Å². The number of hydrogen-bond donors (Lipinski definition) is 6. The highest BCUT2D eigenvalue weighted by Crippen LogP contribution is 2.29. The van der Waals surface area contributed by atoms with Crippen LogP contribution < -0.4 is 30.7 Å². The number of aliphatic hydroxyl groups is 3. The summed E-state index contributed by atoms with van der Waals surface area (Å²) < 4.78 is 76.5. The number of morpholine rings is 3. The van der Waals surface area contributed by atoms with Crippen LogP contribution in [0.4, 0.5) is 69.5 Å². The number of ether oxygens (including phenoxy) is 3. The van der Waals surface area contributed by atoms with Crippen LogP contribution in [-0.4, -0.2) is 172 Å². The first-order valence-electron chi connectivity index (χ1n) is 29.3. The zero-order valence-electron chi connectivity index (χ0n) is 51.2. The van der Waals surface area contributed by atoms with Gasteiger partial charge >= 0.3 is 0 Å². The van der Waals surface area contributed by atoms with E-state index in [1.165, 1.54) is 18.2 Å². The van der Waals surface area contributed by atoms with E-state index in [-0.39, 0.29) is 49.8 Å². The summed E-state index contributed by atoms with van der Waals surface area (Å²) in [6, 6.07) is 24.6. The number of nitrogens with one attached hydrogen (secondary N) is 3. The highest BCUT2D eigenvalue weighted by Gasteiger charge is 2.27. The average molecular weight is 1240 g/mol. The van der Waals surface area contributed by atoms with Gasteiger partial charge in [-0.3, -0.25) is 0 Å². The van der Waals surface area contributed by atoms with Gasteiger partial charge < -0.3 is 60.2 Å². The molecule has 90 heavy (non-hydrogen) atoms. The van der Waals surface area contributed by atoms with Crippen molar-refractivity contribution in [3.63, 3.8) is 0 Å². The van der Waals surface area contributed by atoms with Crippen molar-refractivity contribution >= 4 is 52.0 Å². The Morgan fingerprint density at radius 3 is 0.989 bits per heavy atom. The highest BCUT2D eigenvalue weighted by molar-refractivity contribution is 5.64. The monoisotopic (exact) mass is 1240 g/mol. The van der Waals surface area contributed by atoms with Crippen LogP contribution in [0, 0.1) is 78.7 Å². The van der Waals surface area contributed by atoms with Crippen LogP contribution in [0.5, 0.6) is 0 Å². The second-order valence-corrected chi connectivity index (χ2v) is 22.0. The van der Waals surface area contributed by atoms with E-state index in [4.69, 9.17) is 24.2 Å². The van der Waals surface area contributed by atoms with Gasteiger partial charge in [-0.25, -0.2) is 31.6 Å². The first-order chi connectivity index (χ1) is 43.3. The molecule has 0 aliphatic carbocycles. The molecule has 6 aromatic heterocycles. The minimum absolute atomic E-state index is 0.0559. The van der Waals surface area contributed by atoms with Crippen molar-refractivity contribution in [2.24, 2.45) is 0 Å². The van der Waals surface area contributed by atoms with E-state index in [1.54, 1.807) is 58.2 Å². The van der Waals surface area contributed by atoms with Crippen molar-refractivity contribution in [2.75, 3.05) is 110 Å². The summed E-state index contributed by atoms with van der Waals surface area (Å²) in [5.74, 6) is 2.17. The number of benzene rings is 3. The minimum atomic E-state index is -0.952. The Labute approximate surface area is 517 Å². The fourth-order valence-electron chi connectivity index (χ4n) is 10.2. The van der Waals surface area contributed by atoms with E-state index in [0.29, 0.717) is 140 Å². The van der Waals surface area contributed by atoms with Gasteiger partial charge in [0.2, 0.25) is 0 Å². The topological polar surface area (TPSA) is 265 Å². The summed E-state index contributed by atoms with van der Waals surface area (Å²) in [6.07, 6.45) is -0.852. The lowest BCUT2D eigenvalue weighted by Gasteiger charge is -2.33. The summed E-state index contributed by atoms with van der Waals surface area (Å²) in [4.78, 5) is 33.9. The fraction of sp³-hybridized carbons (Fsp3) is 0.371. The van der Waals surface area contributed by atoms with Gasteiger partial charge in [0.15, 0.2) is 11.6 Å². The number of halogens is 4. The Kier molecular flexibility index (Phi) is 20.2. The third kappa shape index (κ3) is 15.8. The Morgan fingerprint density at radius 1 is 0.400 bits per heavy atom. The zero-order chi connectivity index (χ0) is 63.8. The minimum Gasteiger partial charge on any atom is -0.394 e. The van der Waals surface area contributed by atoms with E-state index < -0.39 is 11.6 Å². The number of nitrogens with zero attached hydrogens (tertiary/aromatic N) is 15. The predicted molar refractivity (Wildman–Crippen MR) is 331 cm³/mol. The summed E-state index contributed by atoms with van der Waals surface area (Å²) in [5, 5.41) is 51.2. The second-order valence-electron chi connectivity index (χ2n) is 22.0. The SMILES string of the molecule is Cc1cc(C)n(-c2nc(Nc3ccc(C)c(F)c3)cc(N3CCO[C@@H](CO)C3)n2)n1.Cc1cc(C)n(-c2nc(Nc3ccc(C)c(F)c3)cc(N3CCO[C@H](CO)C3)n2)n1.Cc1cc(C)n(-c2nc(Nc3ccc(F)c(F)c3)cc(N3CCOC(CO)C3)n2)n1. The predicted octanol–water partition coefficient (Wildman–Crippen LogP) is 7.83. The summed E-state index contributed by atoms with van der Waals surface area (Å²) in [5.41, 5.74) is 7.93. The van der Waals surface area contributed by atoms with Gasteiger partial charge in [-0.15, -0.1) is 0 Å². The molecule has 1 unspecified atom stereocenters. The molecule has 0 saturated carbocycles. The summed E-state index contributed by atoms with van der Waals surface area (Å²) in [6.45, 7) is 19.5. The molecule has 0 radical (unpaired) electrons. The van der Waals surface area contributed by atoms with Crippen molar-refractivity contribution in [1.29, 1.82) is 0 Å². The van der Waals surface area contributed by atoms with Gasteiger partial charge in [-0.1, -0.05) is 12.1 Å². The van der Waals surface area contributed by atoms with Gasteiger partial charge in [0.1, 0.15) is 46.5 Å². The number of aromatic nitrogens is 12. The lowest BCUT2D eigenvalue weighted by molar-refractivity contribution is 0.00334. The van der Waals surface area contributed by atoms with Crippen molar-refractivity contribution in [1.82, 2.24) is 59.2 Å². The molecule has 0 amide bonds. The van der Waals surface area contributed by atoms with E-state index in [2.05, 4.69) is 51.2 Å². The maximum Gasteiger partial charge on any atom is 0.254 e. The molecule has 9 heterocycles. The molecule has 474 valence electrons. The largest absolute Gasteiger partial charge is 0.394 e. The normalized spacial score (nSPS) is 16.7. The van der Waals surface area contributed by atoms with E-state index >= 15 is 0 Å². The molecule has 3 aromatic carbocycles. The quantitative estimate of drug-likeness (QED) is 0.0534. The Balaban J connectivity index is 0.000000148. The fourth-order valence-corrected chi connectivity index (χ4v) is 10.2. The van der Waals surface area contributed by atoms with Crippen LogP contribution in [0.1, 0.15) is 45.3 Å². The van der Waals surface area contributed by atoms with E-state index in [0.717, 1.165) is 46.3 Å². The number of anilines is 9. The summed E-state index contributed by atoms with van der Waals surface area (Å²) >= 11 is 0. The number of rotatable bonds is 15. The first kappa shape index (κ1) is 63.8. The standard InChI is InChI=1S/2C21H25FN6O2.C20H22F2N6O2/c2*1-13-4-5-16(9-18(13)22)23-19-10-20(27-6-7-30-17(11-27)12-29)25-21(24-19)28-15(3)8-14(2)26-28;1-12-7-13(2)28(26-12)20-24-18(23-14-3-4-16(21)17(22)8-14)9-19(25-20)27-5-6-30-15(10-27)11-29/h2*4-5,8-10,17,29H,6-7,11-12H2,1-3H3,(H,23,24,25);3-4,7-9,15,29H,5-6,10-11H2,1-2H3,(H,23,24,25)/t2*17-;/m10./s1.